The molecular formula is C19H22BrN3O. The molecule has 0 aliphatic carbocycles. The van der Waals surface area contributed by atoms with Crippen molar-refractivity contribution < 1.29 is 4.79 Å². The Kier molecular flexibility index (Phi) is 5.09. The number of nitrogens with one attached hydrogen (secondary N) is 1. The molecule has 1 aliphatic rings. The van der Waals surface area contributed by atoms with E-state index >= 15 is 0 Å². The highest BCUT2D eigenvalue weighted by molar-refractivity contribution is 9.10. The fourth-order valence-electron chi connectivity index (χ4n) is 3.18. The number of anilines is 3. The van der Waals surface area contributed by atoms with Crippen LogP contribution in [0, 0.1) is 0 Å². The molecule has 0 bridgehead atoms. The van der Waals surface area contributed by atoms with Crippen LogP contribution >= 0.6 is 15.9 Å². The summed E-state index contributed by atoms with van der Waals surface area (Å²) in [7, 11) is 0. The molecule has 1 heterocycles. The molecule has 1 aliphatic heterocycles. The van der Waals surface area contributed by atoms with Crippen LogP contribution in [-0.4, -0.2) is 18.5 Å². The Morgan fingerprint density at radius 1 is 1.25 bits per heavy atom. The third-order valence-electron chi connectivity index (χ3n) is 4.47. The van der Waals surface area contributed by atoms with Gasteiger partial charge in [0, 0.05) is 28.3 Å². The fraction of sp³-hybridized carbons (Fsp3) is 0.316. The lowest BCUT2D eigenvalue weighted by Crippen LogP contribution is -2.38. The molecule has 2 aromatic rings. The predicted octanol–water partition coefficient (Wildman–Crippen LogP) is 4.66. The summed E-state index contributed by atoms with van der Waals surface area (Å²) in [5, 5.41) is 3.03. The van der Waals surface area contributed by atoms with Gasteiger partial charge in [0.2, 0.25) is 0 Å². The first kappa shape index (κ1) is 16.8. The van der Waals surface area contributed by atoms with Crippen molar-refractivity contribution in [3.8, 4) is 0 Å². The van der Waals surface area contributed by atoms with E-state index in [0.29, 0.717) is 17.3 Å². The van der Waals surface area contributed by atoms with E-state index in [1.807, 2.05) is 36.4 Å². The molecule has 0 radical (unpaired) electrons. The van der Waals surface area contributed by atoms with Gasteiger partial charge in [0.15, 0.2) is 0 Å². The maximum absolute atomic E-state index is 12.6. The number of rotatable bonds is 3. The van der Waals surface area contributed by atoms with Gasteiger partial charge in [-0.15, -0.1) is 0 Å². The number of halogens is 1. The average Bonchev–Trinajstić information content (AvgIpc) is 2.56. The second kappa shape index (κ2) is 7.26. The molecule has 1 saturated heterocycles. The van der Waals surface area contributed by atoms with Crippen molar-refractivity contribution in [2.75, 3.05) is 22.5 Å². The Hall–Kier alpha value is -2.01. The first-order valence-corrected chi connectivity index (χ1v) is 9.07. The van der Waals surface area contributed by atoms with Gasteiger partial charge in [0.1, 0.15) is 0 Å². The summed E-state index contributed by atoms with van der Waals surface area (Å²) < 4.78 is 0.882. The van der Waals surface area contributed by atoms with Crippen LogP contribution in [0.5, 0.6) is 0 Å². The van der Waals surface area contributed by atoms with Crippen LogP contribution < -0.4 is 16.0 Å². The molecule has 1 fully saturated rings. The van der Waals surface area contributed by atoms with E-state index < -0.39 is 0 Å². The van der Waals surface area contributed by atoms with Crippen LogP contribution in [0.2, 0.25) is 0 Å². The highest BCUT2D eigenvalue weighted by Gasteiger charge is 2.22. The zero-order valence-electron chi connectivity index (χ0n) is 13.8. The summed E-state index contributed by atoms with van der Waals surface area (Å²) >= 11 is 3.40. The van der Waals surface area contributed by atoms with Gasteiger partial charge in [-0.05, 0) is 62.6 Å². The molecule has 3 N–H and O–H groups in total. The standard InChI is InChI=1S/C19H22BrN3O/c1-13-5-2-3-10-23(13)18-9-8-16(21)12-17(18)22-19(24)14-6-4-7-15(20)11-14/h4,6-9,11-13H,2-3,5,10,21H2,1H3,(H,22,24)/t13-/m0/s1. The molecule has 1 atom stereocenters. The van der Waals surface area contributed by atoms with Crippen LogP contribution in [0.15, 0.2) is 46.9 Å². The van der Waals surface area contributed by atoms with Crippen LogP contribution in [0.1, 0.15) is 36.5 Å². The minimum Gasteiger partial charge on any atom is -0.399 e. The Morgan fingerprint density at radius 2 is 2.08 bits per heavy atom. The lowest BCUT2D eigenvalue weighted by Gasteiger charge is -2.36. The summed E-state index contributed by atoms with van der Waals surface area (Å²) in [4.78, 5) is 15.0. The van der Waals surface area contributed by atoms with Crippen molar-refractivity contribution >= 4 is 38.9 Å². The summed E-state index contributed by atoms with van der Waals surface area (Å²) in [6.45, 7) is 3.24. The van der Waals surface area contributed by atoms with E-state index in [4.69, 9.17) is 5.73 Å². The quantitative estimate of drug-likeness (QED) is 0.752. The third-order valence-corrected chi connectivity index (χ3v) is 4.96. The van der Waals surface area contributed by atoms with Gasteiger partial charge >= 0.3 is 0 Å². The van der Waals surface area contributed by atoms with Crippen LogP contribution in [0.25, 0.3) is 0 Å². The van der Waals surface area contributed by atoms with Crippen molar-refractivity contribution in [2.45, 2.75) is 32.2 Å². The molecule has 3 rings (SSSR count). The number of piperidine rings is 1. The Bertz CT molecular complexity index is 747. The van der Waals surface area contributed by atoms with Crippen LogP contribution in [0.3, 0.4) is 0 Å². The zero-order chi connectivity index (χ0) is 17.1. The second-order valence-electron chi connectivity index (χ2n) is 6.28. The number of carbonyl (C=O) groups excluding carboxylic acids is 1. The molecule has 4 nitrogen and oxygen atoms in total. The van der Waals surface area contributed by atoms with Crippen molar-refractivity contribution in [1.29, 1.82) is 0 Å². The number of carbonyl (C=O) groups is 1. The van der Waals surface area contributed by atoms with Crippen molar-refractivity contribution in [3.63, 3.8) is 0 Å². The van der Waals surface area contributed by atoms with Gasteiger partial charge in [0.05, 0.1) is 11.4 Å². The van der Waals surface area contributed by atoms with Gasteiger partial charge in [-0.1, -0.05) is 22.0 Å². The molecule has 126 valence electrons. The summed E-state index contributed by atoms with van der Waals surface area (Å²) in [6.07, 6.45) is 3.60. The Morgan fingerprint density at radius 3 is 2.83 bits per heavy atom. The maximum atomic E-state index is 12.6. The second-order valence-corrected chi connectivity index (χ2v) is 7.19. The van der Waals surface area contributed by atoms with E-state index in [1.165, 1.54) is 19.3 Å². The van der Waals surface area contributed by atoms with E-state index in [9.17, 15) is 4.79 Å². The molecule has 24 heavy (non-hydrogen) atoms. The largest absolute Gasteiger partial charge is 0.399 e. The predicted molar refractivity (Wildman–Crippen MR) is 104 cm³/mol. The summed E-state index contributed by atoms with van der Waals surface area (Å²) in [5.74, 6) is -0.132. The van der Waals surface area contributed by atoms with E-state index in [0.717, 1.165) is 22.4 Å². The normalized spacial score (nSPS) is 17.6. The van der Waals surface area contributed by atoms with Crippen molar-refractivity contribution in [1.82, 2.24) is 0 Å². The number of amides is 1. The smallest absolute Gasteiger partial charge is 0.255 e. The highest BCUT2D eigenvalue weighted by atomic mass is 79.9. The molecule has 0 spiro atoms. The Balaban J connectivity index is 1.89. The molecule has 0 aromatic heterocycles. The minimum atomic E-state index is -0.132. The van der Waals surface area contributed by atoms with Gasteiger partial charge in [-0.25, -0.2) is 0 Å². The molecule has 0 saturated carbocycles. The lowest BCUT2D eigenvalue weighted by molar-refractivity contribution is 0.102. The van der Waals surface area contributed by atoms with Gasteiger partial charge in [-0.3, -0.25) is 4.79 Å². The number of nitrogen functional groups attached to an aromatic ring is 1. The zero-order valence-corrected chi connectivity index (χ0v) is 15.3. The summed E-state index contributed by atoms with van der Waals surface area (Å²) in [6, 6.07) is 13.6. The van der Waals surface area contributed by atoms with Crippen molar-refractivity contribution in [2.24, 2.45) is 0 Å². The SMILES string of the molecule is C[C@H]1CCCCN1c1ccc(N)cc1NC(=O)c1cccc(Br)c1. The number of hydrogen-bond donors (Lipinski definition) is 2. The van der Waals surface area contributed by atoms with Crippen molar-refractivity contribution in [3.05, 3.63) is 52.5 Å². The lowest BCUT2D eigenvalue weighted by atomic mass is 10.0. The fourth-order valence-corrected chi connectivity index (χ4v) is 3.58. The monoisotopic (exact) mass is 387 g/mol. The topological polar surface area (TPSA) is 58.4 Å². The third kappa shape index (κ3) is 3.73. The number of hydrogen-bond acceptors (Lipinski definition) is 3. The molecule has 0 unspecified atom stereocenters. The first-order valence-electron chi connectivity index (χ1n) is 8.27. The van der Waals surface area contributed by atoms with Gasteiger partial charge < -0.3 is 16.0 Å². The van der Waals surface area contributed by atoms with Crippen LogP contribution in [0.4, 0.5) is 17.1 Å². The first-order chi connectivity index (χ1) is 11.5. The molecule has 2 aromatic carbocycles. The number of benzene rings is 2. The summed E-state index contributed by atoms with van der Waals surface area (Å²) in [5.41, 5.74) is 9.03. The van der Waals surface area contributed by atoms with Gasteiger partial charge in [-0.2, -0.15) is 0 Å². The Labute approximate surface area is 151 Å². The van der Waals surface area contributed by atoms with E-state index in [2.05, 4.69) is 33.1 Å². The number of nitrogens with zero attached hydrogens (tertiary/aromatic N) is 1. The number of nitrogens with two attached hydrogens (primary N) is 1. The molecular weight excluding hydrogens is 366 g/mol. The maximum Gasteiger partial charge on any atom is 0.255 e. The average molecular weight is 388 g/mol. The minimum absolute atomic E-state index is 0.132. The molecule has 5 heteroatoms. The van der Waals surface area contributed by atoms with E-state index in [-0.39, 0.29) is 5.91 Å². The highest BCUT2D eigenvalue weighted by Crippen LogP contribution is 2.33. The van der Waals surface area contributed by atoms with Crippen LogP contribution in [-0.2, 0) is 0 Å². The molecule has 1 amide bonds. The van der Waals surface area contributed by atoms with Gasteiger partial charge in [0.25, 0.3) is 5.91 Å². The van der Waals surface area contributed by atoms with E-state index in [1.54, 1.807) is 6.07 Å².